The molecule has 5 nitrogen and oxygen atoms in total. The van der Waals surface area contributed by atoms with Gasteiger partial charge in [0.15, 0.2) is 11.6 Å². The summed E-state index contributed by atoms with van der Waals surface area (Å²) in [5, 5.41) is 0. The van der Waals surface area contributed by atoms with E-state index in [0.717, 1.165) is 50.2 Å². The second-order valence-electron chi connectivity index (χ2n) is 7.57. The molecule has 0 bridgehead atoms. The minimum absolute atomic E-state index is 0.596. The Labute approximate surface area is 187 Å². The Hall–Kier alpha value is -2.40. The highest BCUT2D eigenvalue weighted by Crippen LogP contribution is 2.20. The molecule has 0 saturated carbocycles. The monoisotopic (exact) mass is 426 g/mol. The molecule has 0 fully saturated rings. The maximum absolute atomic E-state index is 5.76. The summed E-state index contributed by atoms with van der Waals surface area (Å²) in [6.07, 6.45) is 16.9. The van der Waals surface area contributed by atoms with Gasteiger partial charge < -0.3 is 14.2 Å². The molecule has 1 heterocycles. The molecule has 2 rings (SSSR count). The standard InChI is InChI=1S/C26H38N2O3/c1-3-5-7-8-9-10-19-30-24-15-13-23(14-16-24)26-27-21-25(22-28-26)31-20-12-11-18-29-17-6-4-2/h9-10,13-16,21-22H,3-8,11-12,17-20H2,1-2H3/b10-9+. The Morgan fingerprint density at radius 3 is 2.16 bits per heavy atom. The fourth-order valence-electron chi connectivity index (χ4n) is 2.93. The Kier molecular flexibility index (Phi) is 13.1. The molecule has 1 aromatic carbocycles. The maximum Gasteiger partial charge on any atom is 0.159 e. The molecule has 0 aliphatic carbocycles. The van der Waals surface area contributed by atoms with Gasteiger partial charge in [-0.2, -0.15) is 0 Å². The topological polar surface area (TPSA) is 53.5 Å². The minimum Gasteiger partial charge on any atom is -0.490 e. The van der Waals surface area contributed by atoms with Crippen molar-refractivity contribution in [3.8, 4) is 22.9 Å². The molecule has 170 valence electrons. The van der Waals surface area contributed by atoms with Crippen molar-refractivity contribution in [2.24, 2.45) is 0 Å². The van der Waals surface area contributed by atoms with E-state index in [1.807, 2.05) is 24.3 Å². The zero-order valence-electron chi connectivity index (χ0n) is 19.2. The number of nitrogens with zero attached hydrogens (tertiary/aromatic N) is 2. The van der Waals surface area contributed by atoms with Gasteiger partial charge in [0.25, 0.3) is 0 Å². The van der Waals surface area contributed by atoms with Gasteiger partial charge in [0.1, 0.15) is 12.4 Å². The number of ether oxygens (including phenoxy) is 3. The highest BCUT2D eigenvalue weighted by Gasteiger charge is 2.03. The lowest BCUT2D eigenvalue weighted by atomic mass is 10.2. The SMILES string of the molecule is CCCCC/C=C/COc1ccc(-c2ncc(OCCCCOCCCC)cn2)cc1. The Bertz CT molecular complexity index is 714. The number of hydrogen-bond donors (Lipinski definition) is 0. The van der Waals surface area contributed by atoms with Gasteiger partial charge in [-0.15, -0.1) is 0 Å². The van der Waals surface area contributed by atoms with Crippen LogP contribution < -0.4 is 9.47 Å². The summed E-state index contributed by atoms with van der Waals surface area (Å²) < 4.78 is 17.0. The summed E-state index contributed by atoms with van der Waals surface area (Å²) in [6, 6.07) is 7.87. The lowest BCUT2D eigenvalue weighted by Gasteiger charge is -2.07. The van der Waals surface area contributed by atoms with Crippen LogP contribution in [-0.4, -0.2) is 36.4 Å². The zero-order valence-corrected chi connectivity index (χ0v) is 19.2. The van der Waals surface area contributed by atoms with Gasteiger partial charge in [-0.05, 0) is 56.4 Å². The second kappa shape index (κ2) is 16.3. The van der Waals surface area contributed by atoms with Crippen molar-refractivity contribution >= 4 is 0 Å². The summed E-state index contributed by atoms with van der Waals surface area (Å²) in [7, 11) is 0. The molecule has 0 N–H and O–H groups in total. The predicted octanol–water partition coefficient (Wildman–Crippen LogP) is 6.63. The van der Waals surface area contributed by atoms with Crippen molar-refractivity contribution in [2.75, 3.05) is 26.4 Å². The predicted molar refractivity (Wildman–Crippen MR) is 127 cm³/mol. The average molecular weight is 427 g/mol. The molecule has 0 atom stereocenters. The van der Waals surface area contributed by atoms with Crippen LogP contribution >= 0.6 is 0 Å². The highest BCUT2D eigenvalue weighted by atomic mass is 16.5. The number of allylic oxidation sites excluding steroid dienone is 1. The molecular formula is C26H38N2O3. The van der Waals surface area contributed by atoms with E-state index in [2.05, 4.69) is 36.0 Å². The lowest BCUT2D eigenvalue weighted by molar-refractivity contribution is 0.123. The first-order valence-electron chi connectivity index (χ1n) is 11.7. The van der Waals surface area contributed by atoms with Crippen LogP contribution in [0.2, 0.25) is 0 Å². The molecular weight excluding hydrogens is 388 g/mol. The largest absolute Gasteiger partial charge is 0.490 e. The van der Waals surface area contributed by atoms with Crippen molar-refractivity contribution in [3.05, 3.63) is 48.8 Å². The van der Waals surface area contributed by atoms with Gasteiger partial charge >= 0.3 is 0 Å². The van der Waals surface area contributed by atoms with Crippen LogP contribution in [0.4, 0.5) is 0 Å². The minimum atomic E-state index is 0.596. The third kappa shape index (κ3) is 11.0. The van der Waals surface area contributed by atoms with E-state index in [-0.39, 0.29) is 0 Å². The summed E-state index contributed by atoms with van der Waals surface area (Å²) in [4.78, 5) is 8.85. The van der Waals surface area contributed by atoms with E-state index in [9.17, 15) is 0 Å². The molecule has 0 radical (unpaired) electrons. The van der Waals surface area contributed by atoms with E-state index in [4.69, 9.17) is 14.2 Å². The number of unbranched alkanes of at least 4 members (excludes halogenated alkanes) is 5. The van der Waals surface area contributed by atoms with Gasteiger partial charge in [-0.1, -0.05) is 45.3 Å². The Balaban J connectivity index is 1.66. The molecule has 0 spiro atoms. The lowest BCUT2D eigenvalue weighted by Crippen LogP contribution is -2.02. The van der Waals surface area contributed by atoms with Gasteiger partial charge in [0, 0.05) is 18.8 Å². The van der Waals surface area contributed by atoms with E-state index in [1.165, 1.54) is 25.7 Å². The third-order valence-corrected chi connectivity index (χ3v) is 4.82. The van der Waals surface area contributed by atoms with Gasteiger partial charge in [-0.3, -0.25) is 0 Å². The van der Waals surface area contributed by atoms with Gasteiger partial charge in [0.2, 0.25) is 0 Å². The van der Waals surface area contributed by atoms with Crippen LogP contribution in [-0.2, 0) is 4.74 Å². The Morgan fingerprint density at radius 1 is 0.710 bits per heavy atom. The maximum atomic E-state index is 5.76. The van der Waals surface area contributed by atoms with Crippen LogP contribution in [0.1, 0.15) is 65.2 Å². The van der Waals surface area contributed by atoms with Crippen molar-refractivity contribution in [2.45, 2.75) is 65.2 Å². The van der Waals surface area contributed by atoms with E-state index >= 15 is 0 Å². The van der Waals surface area contributed by atoms with Crippen molar-refractivity contribution in [3.63, 3.8) is 0 Å². The summed E-state index contributed by atoms with van der Waals surface area (Å²) in [5.74, 6) is 2.22. The summed E-state index contributed by atoms with van der Waals surface area (Å²) in [6.45, 7) is 7.29. The number of rotatable bonds is 17. The molecule has 0 saturated heterocycles. The number of hydrogen-bond acceptors (Lipinski definition) is 5. The highest BCUT2D eigenvalue weighted by molar-refractivity contribution is 5.56. The first kappa shape index (κ1) is 24.9. The number of aromatic nitrogens is 2. The molecule has 5 heteroatoms. The van der Waals surface area contributed by atoms with Crippen LogP contribution in [0.5, 0.6) is 11.5 Å². The van der Waals surface area contributed by atoms with Crippen LogP contribution in [0.3, 0.4) is 0 Å². The van der Waals surface area contributed by atoms with E-state index in [0.29, 0.717) is 24.8 Å². The molecule has 0 aliphatic rings. The zero-order chi connectivity index (χ0) is 22.0. The molecule has 31 heavy (non-hydrogen) atoms. The normalized spacial score (nSPS) is 11.2. The smallest absolute Gasteiger partial charge is 0.159 e. The average Bonchev–Trinajstić information content (AvgIpc) is 2.81. The first-order chi connectivity index (χ1) is 15.3. The third-order valence-electron chi connectivity index (χ3n) is 4.82. The van der Waals surface area contributed by atoms with Crippen LogP contribution in [0.15, 0.2) is 48.8 Å². The quantitative estimate of drug-likeness (QED) is 0.210. The van der Waals surface area contributed by atoms with E-state index in [1.54, 1.807) is 12.4 Å². The van der Waals surface area contributed by atoms with Crippen LogP contribution in [0.25, 0.3) is 11.4 Å². The summed E-state index contributed by atoms with van der Waals surface area (Å²) >= 11 is 0. The van der Waals surface area contributed by atoms with Gasteiger partial charge in [-0.25, -0.2) is 9.97 Å². The summed E-state index contributed by atoms with van der Waals surface area (Å²) in [5.41, 5.74) is 0.957. The fourth-order valence-corrected chi connectivity index (χ4v) is 2.93. The number of benzene rings is 1. The van der Waals surface area contributed by atoms with E-state index < -0.39 is 0 Å². The fraction of sp³-hybridized carbons (Fsp3) is 0.538. The van der Waals surface area contributed by atoms with Gasteiger partial charge in [0.05, 0.1) is 19.0 Å². The van der Waals surface area contributed by atoms with Crippen molar-refractivity contribution in [1.82, 2.24) is 9.97 Å². The van der Waals surface area contributed by atoms with Crippen molar-refractivity contribution in [1.29, 1.82) is 0 Å². The first-order valence-corrected chi connectivity index (χ1v) is 11.7. The molecule has 0 unspecified atom stereocenters. The molecule has 0 aliphatic heterocycles. The molecule has 0 amide bonds. The molecule has 1 aromatic heterocycles. The Morgan fingerprint density at radius 2 is 1.42 bits per heavy atom. The van der Waals surface area contributed by atoms with Crippen LogP contribution in [0, 0.1) is 0 Å². The molecule has 2 aromatic rings. The second-order valence-corrected chi connectivity index (χ2v) is 7.57. The van der Waals surface area contributed by atoms with Crippen molar-refractivity contribution < 1.29 is 14.2 Å².